The summed E-state index contributed by atoms with van der Waals surface area (Å²) >= 11 is 0. The van der Waals surface area contributed by atoms with Crippen LogP contribution in [0.25, 0.3) is 0 Å². The number of nitrogens with one attached hydrogen (secondary N) is 1. The summed E-state index contributed by atoms with van der Waals surface area (Å²) in [5.74, 6) is -0.0701. The molecule has 0 saturated heterocycles. The van der Waals surface area contributed by atoms with E-state index in [1.54, 1.807) is 0 Å². The van der Waals surface area contributed by atoms with Crippen LogP contribution in [0, 0.1) is 6.92 Å². The highest BCUT2D eigenvalue weighted by molar-refractivity contribution is 5.88. The fraction of sp³-hybridized carbons (Fsp3) is 0.364. The number of aliphatic hydroxyl groups excluding tert-OH is 1. The van der Waals surface area contributed by atoms with Crippen molar-refractivity contribution in [3.63, 3.8) is 0 Å². The number of aliphatic hydroxyl groups is 1. The number of hydrogen-bond donors (Lipinski definition) is 2. The van der Waals surface area contributed by atoms with Gasteiger partial charge in [-0.3, -0.25) is 4.79 Å². The number of rotatable bonds is 3. The van der Waals surface area contributed by atoms with Gasteiger partial charge in [0.2, 0.25) is 5.91 Å². The summed E-state index contributed by atoms with van der Waals surface area (Å²) in [5, 5.41) is 11.5. The minimum atomic E-state index is -0.0701. The van der Waals surface area contributed by atoms with Crippen LogP contribution in [0.2, 0.25) is 0 Å². The van der Waals surface area contributed by atoms with Crippen LogP contribution in [0.5, 0.6) is 0 Å². The van der Waals surface area contributed by atoms with E-state index in [-0.39, 0.29) is 12.5 Å². The SMILES string of the molecule is CC(=O)Nc1ccc(CCO)c(C)c1. The van der Waals surface area contributed by atoms with Crippen LogP contribution >= 0.6 is 0 Å². The summed E-state index contributed by atoms with van der Waals surface area (Å²) in [5.41, 5.74) is 3.00. The van der Waals surface area contributed by atoms with E-state index in [4.69, 9.17) is 5.11 Å². The molecule has 1 rings (SSSR count). The Balaban J connectivity index is 2.83. The predicted octanol–water partition coefficient (Wildman–Crippen LogP) is 1.49. The highest BCUT2D eigenvalue weighted by Gasteiger charge is 2.00. The smallest absolute Gasteiger partial charge is 0.221 e. The van der Waals surface area contributed by atoms with Gasteiger partial charge in [0.05, 0.1) is 0 Å². The van der Waals surface area contributed by atoms with Crippen molar-refractivity contribution in [2.75, 3.05) is 11.9 Å². The summed E-state index contributed by atoms with van der Waals surface area (Å²) in [6.45, 7) is 3.60. The lowest BCUT2D eigenvalue weighted by Gasteiger charge is -2.07. The van der Waals surface area contributed by atoms with Gasteiger partial charge in [-0.1, -0.05) is 6.07 Å². The quantitative estimate of drug-likeness (QED) is 0.764. The molecule has 0 aliphatic carbocycles. The van der Waals surface area contributed by atoms with Crippen molar-refractivity contribution in [2.45, 2.75) is 20.3 Å². The second-order valence-electron chi connectivity index (χ2n) is 3.30. The third kappa shape index (κ3) is 2.85. The van der Waals surface area contributed by atoms with Gasteiger partial charge >= 0.3 is 0 Å². The summed E-state index contributed by atoms with van der Waals surface area (Å²) in [4.78, 5) is 10.8. The van der Waals surface area contributed by atoms with Crippen molar-refractivity contribution < 1.29 is 9.90 Å². The van der Waals surface area contributed by atoms with Gasteiger partial charge in [-0.25, -0.2) is 0 Å². The Labute approximate surface area is 83.8 Å². The summed E-state index contributed by atoms with van der Waals surface area (Å²) in [6.07, 6.45) is 0.659. The fourth-order valence-corrected chi connectivity index (χ4v) is 1.38. The van der Waals surface area contributed by atoms with E-state index in [1.165, 1.54) is 6.92 Å². The van der Waals surface area contributed by atoms with Crippen LogP contribution in [0.15, 0.2) is 18.2 Å². The molecule has 0 fully saturated rings. The third-order valence-electron chi connectivity index (χ3n) is 2.04. The first-order chi connectivity index (χ1) is 6.63. The molecule has 0 aliphatic heterocycles. The monoisotopic (exact) mass is 193 g/mol. The van der Waals surface area contributed by atoms with Gasteiger partial charge in [-0.2, -0.15) is 0 Å². The molecule has 0 spiro atoms. The number of aryl methyl sites for hydroxylation is 1. The highest BCUT2D eigenvalue weighted by Crippen LogP contribution is 2.15. The third-order valence-corrected chi connectivity index (χ3v) is 2.04. The average molecular weight is 193 g/mol. The molecule has 0 aliphatic rings. The van der Waals surface area contributed by atoms with E-state index >= 15 is 0 Å². The first-order valence-corrected chi connectivity index (χ1v) is 4.61. The number of hydrogen-bond acceptors (Lipinski definition) is 2. The first-order valence-electron chi connectivity index (χ1n) is 4.61. The van der Waals surface area contributed by atoms with Gasteiger partial charge in [-0.05, 0) is 36.6 Å². The molecule has 0 bridgehead atoms. The van der Waals surface area contributed by atoms with Crippen LogP contribution in [-0.4, -0.2) is 17.6 Å². The number of carbonyl (C=O) groups is 1. The van der Waals surface area contributed by atoms with Gasteiger partial charge in [0.1, 0.15) is 0 Å². The molecule has 1 amide bonds. The minimum Gasteiger partial charge on any atom is -0.396 e. The summed E-state index contributed by atoms with van der Waals surface area (Å²) in [7, 11) is 0. The molecule has 0 radical (unpaired) electrons. The maximum Gasteiger partial charge on any atom is 0.221 e. The fourth-order valence-electron chi connectivity index (χ4n) is 1.38. The van der Waals surface area contributed by atoms with Crippen LogP contribution in [-0.2, 0) is 11.2 Å². The van der Waals surface area contributed by atoms with Crippen LogP contribution in [0.3, 0.4) is 0 Å². The molecule has 0 atom stereocenters. The normalized spacial score (nSPS) is 9.93. The number of carbonyl (C=O) groups excluding carboxylic acids is 1. The molecule has 3 nitrogen and oxygen atoms in total. The molecule has 0 unspecified atom stereocenters. The largest absolute Gasteiger partial charge is 0.396 e. The van der Waals surface area contributed by atoms with Crippen molar-refractivity contribution in [1.82, 2.24) is 0 Å². The van der Waals surface area contributed by atoms with Crippen molar-refractivity contribution in [3.05, 3.63) is 29.3 Å². The minimum absolute atomic E-state index is 0.0701. The van der Waals surface area contributed by atoms with E-state index in [2.05, 4.69) is 5.32 Å². The maximum absolute atomic E-state index is 10.8. The Morgan fingerprint density at radius 2 is 2.21 bits per heavy atom. The first kappa shape index (κ1) is 10.7. The number of benzene rings is 1. The van der Waals surface area contributed by atoms with Gasteiger partial charge in [-0.15, -0.1) is 0 Å². The predicted molar refractivity (Wildman–Crippen MR) is 56.3 cm³/mol. The van der Waals surface area contributed by atoms with E-state index in [0.29, 0.717) is 6.42 Å². The molecular formula is C11H15NO2. The standard InChI is InChI=1S/C11H15NO2/c1-8-7-11(12-9(2)14)4-3-10(8)5-6-13/h3-4,7,13H,5-6H2,1-2H3,(H,12,14). The van der Waals surface area contributed by atoms with Crippen molar-refractivity contribution >= 4 is 11.6 Å². The van der Waals surface area contributed by atoms with Crippen molar-refractivity contribution in [3.8, 4) is 0 Å². The van der Waals surface area contributed by atoms with Crippen molar-refractivity contribution in [1.29, 1.82) is 0 Å². The number of amides is 1. The molecule has 0 aromatic heterocycles. The molecule has 76 valence electrons. The molecule has 14 heavy (non-hydrogen) atoms. The lowest BCUT2D eigenvalue weighted by Crippen LogP contribution is -2.06. The molecule has 1 aromatic rings. The van der Waals surface area contributed by atoms with E-state index in [1.807, 2.05) is 25.1 Å². The summed E-state index contributed by atoms with van der Waals surface area (Å²) in [6, 6.07) is 5.68. The van der Waals surface area contributed by atoms with Gasteiger partial charge < -0.3 is 10.4 Å². The van der Waals surface area contributed by atoms with Crippen molar-refractivity contribution in [2.24, 2.45) is 0 Å². The van der Waals surface area contributed by atoms with Gasteiger partial charge in [0.25, 0.3) is 0 Å². The second kappa shape index (κ2) is 4.77. The Kier molecular flexibility index (Phi) is 3.65. The molecule has 1 aromatic carbocycles. The zero-order chi connectivity index (χ0) is 10.6. The highest BCUT2D eigenvalue weighted by atomic mass is 16.2. The average Bonchev–Trinajstić information content (AvgIpc) is 2.09. The lowest BCUT2D eigenvalue weighted by molar-refractivity contribution is -0.114. The van der Waals surface area contributed by atoms with E-state index in [9.17, 15) is 4.79 Å². The zero-order valence-electron chi connectivity index (χ0n) is 8.50. The summed E-state index contributed by atoms with van der Waals surface area (Å²) < 4.78 is 0. The Morgan fingerprint density at radius 3 is 2.71 bits per heavy atom. The maximum atomic E-state index is 10.8. The van der Waals surface area contributed by atoms with Crippen LogP contribution < -0.4 is 5.32 Å². The lowest BCUT2D eigenvalue weighted by atomic mass is 10.1. The second-order valence-corrected chi connectivity index (χ2v) is 3.30. The molecular weight excluding hydrogens is 178 g/mol. The molecule has 0 saturated carbocycles. The Morgan fingerprint density at radius 1 is 1.50 bits per heavy atom. The Bertz CT molecular complexity index is 334. The van der Waals surface area contributed by atoms with Gasteiger partial charge in [0, 0.05) is 19.2 Å². The molecule has 2 N–H and O–H groups in total. The topological polar surface area (TPSA) is 49.3 Å². The Hall–Kier alpha value is -1.35. The number of anilines is 1. The molecule has 3 heteroatoms. The molecule has 0 heterocycles. The zero-order valence-corrected chi connectivity index (χ0v) is 8.50. The van der Waals surface area contributed by atoms with E-state index in [0.717, 1.165) is 16.8 Å². The van der Waals surface area contributed by atoms with Gasteiger partial charge in [0.15, 0.2) is 0 Å². The van der Waals surface area contributed by atoms with Crippen LogP contribution in [0.1, 0.15) is 18.1 Å². The van der Waals surface area contributed by atoms with Crippen LogP contribution in [0.4, 0.5) is 5.69 Å². The van der Waals surface area contributed by atoms with E-state index < -0.39 is 0 Å².